The minimum absolute atomic E-state index is 0.0368. The van der Waals surface area contributed by atoms with Gasteiger partial charge in [0.1, 0.15) is 5.75 Å². The van der Waals surface area contributed by atoms with E-state index >= 15 is 0 Å². The third-order valence-corrected chi connectivity index (χ3v) is 2.81. The van der Waals surface area contributed by atoms with Gasteiger partial charge in [-0.25, -0.2) is 0 Å². The van der Waals surface area contributed by atoms with E-state index in [1.807, 2.05) is 4.90 Å². The standard InChI is InChI=1S/C11H14Cl2N2O3/c12-3-5-14(6-4-13)8-9-7-10(15(17)18)1-2-11(9)16/h1-2,7,16H,3-6,8H2. The number of nitro groups is 1. The number of rotatable bonds is 7. The van der Waals surface area contributed by atoms with Gasteiger partial charge in [0.05, 0.1) is 4.92 Å². The van der Waals surface area contributed by atoms with Gasteiger partial charge in [0.2, 0.25) is 0 Å². The first-order valence-electron chi connectivity index (χ1n) is 5.39. The van der Waals surface area contributed by atoms with Crippen molar-refractivity contribution in [2.45, 2.75) is 6.54 Å². The Kier molecular flexibility index (Phi) is 6.18. The molecule has 5 nitrogen and oxygen atoms in total. The number of alkyl halides is 2. The van der Waals surface area contributed by atoms with Crippen molar-refractivity contribution in [3.05, 3.63) is 33.9 Å². The van der Waals surface area contributed by atoms with E-state index in [-0.39, 0.29) is 11.4 Å². The summed E-state index contributed by atoms with van der Waals surface area (Å²) < 4.78 is 0. The maximum Gasteiger partial charge on any atom is 0.270 e. The van der Waals surface area contributed by atoms with Crippen molar-refractivity contribution in [1.29, 1.82) is 0 Å². The number of hydrogen-bond acceptors (Lipinski definition) is 4. The molecule has 0 fully saturated rings. The molecule has 0 aliphatic heterocycles. The van der Waals surface area contributed by atoms with Crippen LogP contribution in [0.1, 0.15) is 5.56 Å². The molecule has 7 heteroatoms. The smallest absolute Gasteiger partial charge is 0.270 e. The zero-order chi connectivity index (χ0) is 13.5. The van der Waals surface area contributed by atoms with Gasteiger partial charge in [0, 0.05) is 49.1 Å². The Labute approximate surface area is 115 Å². The van der Waals surface area contributed by atoms with Crippen molar-refractivity contribution >= 4 is 28.9 Å². The lowest BCUT2D eigenvalue weighted by atomic mass is 10.1. The zero-order valence-corrected chi connectivity index (χ0v) is 11.2. The molecule has 0 aromatic heterocycles. The molecule has 0 spiro atoms. The second-order valence-electron chi connectivity index (χ2n) is 3.72. The van der Waals surface area contributed by atoms with E-state index in [1.54, 1.807) is 0 Å². The van der Waals surface area contributed by atoms with E-state index in [1.165, 1.54) is 18.2 Å². The fraction of sp³-hybridized carbons (Fsp3) is 0.455. The average Bonchev–Trinajstić information content (AvgIpc) is 2.32. The number of nitro benzene ring substituents is 1. The Morgan fingerprint density at radius 3 is 2.39 bits per heavy atom. The van der Waals surface area contributed by atoms with Crippen LogP contribution in [0.2, 0.25) is 0 Å². The second-order valence-corrected chi connectivity index (χ2v) is 4.48. The summed E-state index contributed by atoms with van der Waals surface area (Å²) in [5.74, 6) is 0.911. The van der Waals surface area contributed by atoms with Crippen LogP contribution in [0, 0.1) is 10.1 Å². The molecule has 100 valence electrons. The molecule has 0 amide bonds. The van der Waals surface area contributed by atoms with E-state index in [2.05, 4.69) is 0 Å². The van der Waals surface area contributed by atoms with Crippen LogP contribution in [0.3, 0.4) is 0 Å². The summed E-state index contributed by atoms with van der Waals surface area (Å²) in [5, 5.41) is 20.4. The molecule has 0 saturated heterocycles. The van der Waals surface area contributed by atoms with Crippen LogP contribution >= 0.6 is 23.2 Å². The molecular formula is C11H14Cl2N2O3. The fourth-order valence-electron chi connectivity index (χ4n) is 1.56. The van der Waals surface area contributed by atoms with Gasteiger partial charge in [-0.15, -0.1) is 23.2 Å². The molecule has 0 atom stereocenters. The molecular weight excluding hydrogens is 279 g/mol. The van der Waals surface area contributed by atoms with Gasteiger partial charge in [-0.05, 0) is 6.07 Å². The Morgan fingerprint density at radius 1 is 1.28 bits per heavy atom. The van der Waals surface area contributed by atoms with E-state index in [0.29, 0.717) is 37.0 Å². The van der Waals surface area contributed by atoms with E-state index in [9.17, 15) is 15.2 Å². The summed E-state index contributed by atoms with van der Waals surface area (Å²) in [6, 6.07) is 3.96. The number of halogens is 2. The predicted octanol–water partition coefficient (Wildman–Crippen LogP) is 2.58. The number of non-ortho nitro benzene ring substituents is 1. The van der Waals surface area contributed by atoms with Crippen LogP contribution in [0.15, 0.2) is 18.2 Å². The first-order chi connectivity index (χ1) is 8.58. The molecule has 18 heavy (non-hydrogen) atoms. The monoisotopic (exact) mass is 292 g/mol. The number of hydrogen-bond donors (Lipinski definition) is 1. The molecule has 0 saturated carbocycles. The van der Waals surface area contributed by atoms with Gasteiger partial charge in [-0.1, -0.05) is 0 Å². The first kappa shape index (κ1) is 15.0. The quantitative estimate of drug-likeness (QED) is 0.476. The van der Waals surface area contributed by atoms with Crippen LogP contribution in [0.4, 0.5) is 5.69 Å². The third kappa shape index (κ3) is 4.33. The summed E-state index contributed by atoms with van der Waals surface area (Å²) in [5.41, 5.74) is 0.457. The summed E-state index contributed by atoms with van der Waals surface area (Å²) >= 11 is 11.3. The molecule has 1 N–H and O–H groups in total. The molecule has 0 aliphatic rings. The van der Waals surface area contributed by atoms with Crippen LogP contribution in [-0.4, -0.2) is 39.8 Å². The number of nitrogens with zero attached hydrogens (tertiary/aromatic N) is 2. The first-order valence-corrected chi connectivity index (χ1v) is 6.46. The van der Waals surface area contributed by atoms with Crippen LogP contribution in [0.25, 0.3) is 0 Å². The Balaban J connectivity index is 2.86. The molecule has 1 rings (SSSR count). The highest BCUT2D eigenvalue weighted by atomic mass is 35.5. The van der Waals surface area contributed by atoms with Crippen molar-refractivity contribution in [2.24, 2.45) is 0 Å². The lowest BCUT2D eigenvalue weighted by Crippen LogP contribution is -2.27. The van der Waals surface area contributed by atoms with Gasteiger partial charge < -0.3 is 5.11 Å². The van der Waals surface area contributed by atoms with Gasteiger partial charge in [-0.3, -0.25) is 15.0 Å². The van der Waals surface area contributed by atoms with Crippen LogP contribution < -0.4 is 0 Å². The van der Waals surface area contributed by atoms with Gasteiger partial charge in [0.25, 0.3) is 5.69 Å². The maximum atomic E-state index is 10.7. The third-order valence-electron chi connectivity index (χ3n) is 2.47. The molecule has 0 heterocycles. The maximum absolute atomic E-state index is 10.7. The van der Waals surface area contributed by atoms with Crippen LogP contribution in [0.5, 0.6) is 5.75 Å². The number of phenols is 1. The molecule has 0 aliphatic carbocycles. The van der Waals surface area contributed by atoms with Crippen molar-refractivity contribution < 1.29 is 10.0 Å². The Bertz CT molecular complexity index is 409. The zero-order valence-electron chi connectivity index (χ0n) is 9.68. The normalized spacial score (nSPS) is 10.8. The number of phenolic OH excluding ortho intramolecular Hbond substituents is 1. The van der Waals surface area contributed by atoms with E-state index in [4.69, 9.17) is 23.2 Å². The summed E-state index contributed by atoms with van der Waals surface area (Å²) in [7, 11) is 0. The Morgan fingerprint density at radius 2 is 1.89 bits per heavy atom. The summed E-state index contributed by atoms with van der Waals surface area (Å²) in [6.07, 6.45) is 0. The lowest BCUT2D eigenvalue weighted by molar-refractivity contribution is -0.385. The topological polar surface area (TPSA) is 66.6 Å². The predicted molar refractivity (Wildman–Crippen MR) is 71.5 cm³/mol. The summed E-state index contributed by atoms with van der Waals surface area (Å²) in [4.78, 5) is 12.1. The molecule has 0 bridgehead atoms. The van der Waals surface area contributed by atoms with E-state index < -0.39 is 4.92 Å². The number of benzene rings is 1. The van der Waals surface area contributed by atoms with Crippen molar-refractivity contribution in [1.82, 2.24) is 4.90 Å². The molecule has 0 unspecified atom stereocenters. The second kappa shape index (κ2) is 7.41. The van der Waals surface area contributed by atoms with Crippen molar-refractivity contribution in [3.8, 4) is 5.75 Å². The molecule has 1 aromatic rings. The van der Waals surface area contributed by atoms with Gasteiger partial charge in [-0.2, -0.15) is 0 Å². The minimum Gasteiger partial charge on any atom is -0.508 e. The lowest BCUT2D eigenvalue weighted by Gasteiger charge is -2.20. The Hall–Kier alpha value is -1.04. The highest BCUT2D eigenvalue weighted by Gasteiger charge is 2.13. The highest BCUT2D eigenvalue weighted by molar-refractivity contribution is 6.18. The summed E-state index contributed by atoms with van der Waals surface area (Å²) in [6.45, 7) is 1.60. The van der Waals surface area contributed by atoms with Gasteiger partial charge >= 0.3 is 0 Å². The average molecular weight is 293 g/mol. The minimum atomic E-state index is -0.490. The van der Waals surface area contributed by atoms with E-state index in [0.717, 1.165) is 0 Å². The van der Waals surface area contributed by atoms with Crippen LogP contribution in [-0.2, 0) is 6.54 Å². The molecule has 1 aromatic carbocycles. The van der Waals surface area contributed by atoms with Crippen molar-refractivity contribution in [2.75, 3.05) is 24.8 Å². The SMILES string of the molecule is O=[N+]([O-])c1ccc(O)c(CN(CCCl)CCCl)c1. The highest BCUT2D eigenvalue weighted by Crippen LogP contribution is 2.24. The fourth-order valence-corrected chi connectivity index (χ4v) is 2.04. The number of aromatic hydroxyl groups is 1. The molecule has 0 radical (unpaired) electrons. The largest absolute Gasteiger partial charge is 0.508 e. The van der Waals surface area contributed by atoms with Gasteiger partial charge in [0.15, 0.2) is 0 Å². The van der Waals surface area contributed by atoms with Crippen molar-refractivity contribution in [3.63, 3.8) is 0 Å².